The van der Waals surface area contributed by atoms with E-state index in [0.717, 1.165) is 30.0 Å². The number of halogens is 1. The molecule has 0 bridgehead atoms. The average molecular weight is 384 g/mol. The van der Waals surface area contributed by atoms with Crippen LogP contribution >= 0.6 is 23.7 Å². The van der Waals surface area contributed by atoms with Crippen molar-refractivity contribution in [3.8, 4) is 0 Å². The lowest BCUT2D eigenvalue weighted by molar-refractivity contribution is 0.0999. The highest BCUT2D eigenvalue weighted by Gasteiger charge is 2.28. The second kappa shape index (κ2) is 7.55. The fraction of sp³-hybridized carbons (Fsp3) is 0.438. The maximum absolute atomic E-state index is 12.3. The van der Waals surface area contributed by atoms with E-state index in [2.05, 4.69) is 29.2 Å². The summed E-state index contributed by atoms with van der Waals surface area (Å²) in [6, 6.07) is 2.07. The van der Waals surface area contributed by atoms with Gasteiger partial charge >= 0.3 is 0 Å². The molecule has 136 valence electrons. The lowest BCUT2D eigenvalue weighted by Crippen LogP contribution is -2.35. The van der Waals surface area contributed by atoms with Crippen LogP contribution in [0.5, 0.6) is 0 Å². The van der Waals surface area contributed by atoms with Gasteiger partial charge in [0.1, 0.15) is 5.00 Å². The predicted octanol–water partition coefficient (Wildman–Crippen LogP) is 2.02. The summed E-state index contributed by atoms with van der Waals surface area (Å²) < 4.78 is 1.56. The summed E-state index contributed by atoms with van der Waals surface area (Å²) in [7, 11) is 1.75. The number of aromatic nitrogens is 2. The summed E-state index contributed by atoms with van der Waals surface area (Å²) >= 11 is 1.43. The van der Waals surface area contributed by atoms with Gasteiger partial charge in [-0.1, -0.05) is 0 Å². The Balaban J connectivity index is 0.00000225. The fourth-order valence-corrected chi connectivity index (χ4v) is 4.19. The van der Waals surface area contributed by atoms with Gasteiger partial charge < -0.3 is 11.1 Å². The fourth-order valence-electron chi connectivity index (χ4n) is 2.92. The van der Waals surface area contributed by atoms with Crippen LogP contribution in [0.3, 0.4) is 0 Å². The Bertz CT molecular complexity index is 799. The molecular formula is C16H22ClN5O2S. The molecule has 0 saturated heterocycles. The summed E-state index contributed by atoms with van der Waals surface area (Å²) in [5, 5.41) is 7.41. The van der Waals surface area contributed by atoms with E-state index < -0.39 is 5.91 Å². The average Bonchev–Trinajstić information content (AvgIpc) is 3.09. The maximum atomic E-state index is 12.3. The van der Waals surface area contributed by atoms with E-state index in [-0.39, 0.29) is 18.3 Å². The van der Waals surface area contributed by atoms with E-state index in [0.29, 0.717) is 22.3 Å². The van der Waals surface area contributed by atoms with Crippen molar-refractivity contribution in [2.24, 2.45) is 12.8 Å². The molecule has 3 heterocycles. The summed E-state index contributed by atoms with van der Waals surface area (Å²) in [4.78, 5) is 27.7. The first-order valence-corrected chi connectivity index (χ1v) is 8.68. The lowest BCUT2D eigenvalue weighted by Gasteiger charge is -2.30. The van der Waals surface area contributed by atoms with Crippen molar-refractivity contribution in [2.45, 2.75) is 32.9 Å². The van der Waals surface area contributed by atoms with Gasteiger partial charge in [-0.05, 0) is 31.9 Å². The van der Waals surface area contributed by atoms with Gasteiger partial charge in [0.25, 0.3) is 11.8 Å². The van der Waals surface area contributed by atoms with Crippen molar-refractivity contribution in [3.63, 3.8) is 0 Å². The number of anilines is 1. The van der Waals surface area contributed by atoms with Crippen LogP contribution in [0.2, 0.25) is 0 Å². The number of hydrogen-bond acceptors (Lipinski definition) is 5. The number of amides is 2. The number of fused-ring (bicyclic) bond motifs is 1. The molecule has 0 unspecified atom stereocenters. The summed E-state index contributed by atoms with van der Waals surface area (Å²) in [5.41, 5.74) is 7.31. The van der Waals surface area contributed by atoms with Crippen LogP contribution in [0.15, 0.2) is 12.3 Å². The number of rotatable bonds is 4. The summed E-state index contributed by atoms with van der Waals surface area (Å²) in [6.07, 6.45) is 2.46. The van der Waals surface area contributed by atoms with Crippen molar-refractivity contribution in [2.75, 3.05) is 11.9 Å². The van der Waals surface area contributed by atoms with Crippen LogP contribution in [0.1, 0.15) is 45.1 Å². The van der Waals surface area contributed by atoms with Gasteiger partial charge in [0, 0.05) is 37.3 Å². The Morgan fingerprint density at radius 1 is 1.40 bits per heavy atom. The molecule has 0 radical (unpaired) electrons. The van der Waals surface area contributed by atoms with Gasteiger partial charge in [-0.15, -0.1) is 23.7 Å². The third-order valence-electron chi connectivity index (χ3n) is 4.24. The van der Waals surface area contributed by atoms with Gasteiger partial charge in [0.2, 0.25) is 0 Å². The largest absolute Gasteiger partial charge is 0.365 e. The van der Waals surface area contributed by atoms with Crippen molar-refractivity contribution in [1.29, 1.82) is 0 Å². The Hall–Kier alpha value is -1.90. The molecule has 0 aliphatic carbocycles. The minimum absolute atomic E-state index is 0. The Morgan fingerprint density at radius 2 is 2.12 bits per heavy atom. The highest BCUT2D eigenvalue weighted by Crippen LogP contribution is 2.37. The van der Waals surface area contributed by atoms with Gasteiger partial charge in [-0.2, -0.15) is 5.10 Å². The number of carbonyl (C=O) groups excluding carboxylic acids is 2. The zero-order chi connectivity index (χ0) is 17.4. The van der Waals surface area contributed by atoms with Crippen LogP contribution in [0.4, 0.5) is 5.00 Å². The van der Waals surface area contributed by atoms with Crippen molar-refractivity contribution in [3.05, 3.63) is 34.0 Å². The first-order valence-electron chi connectivity index (χ1n) is 7.86. The van der Waals surface area contributed by atoms with Crippen LogP contribution in [0.25, 0.3) is 0 Å². The zero-order valence-electron chi connectivity index (χ0n) is 14.4. The number of carbonyl (C=O) groups is 2. The van der Waals surface area contributed by atoms with Crippen LogP contribution < -0.4 is 11.1 Å². The number of nitrogens with zero attached hydrogens (tertiary/aromatic N) is 3. The van der Waals surface area contributed by atoms with Gasteiger partial charge in [0.05, 0.1) is 5.56 Å². The smallest absolute Gasteiger partial charge is 0.276 e. The summed E-state index contributed by atoms with van der Waals surface area (Å²) in [6.45, 7) is 5.96. The molecule has 0 atom stereocenters. The molecule has 7 nitrogen and oxygen atoms in total. The molecule has 2 amide bonds. The van der Waals surface area contributed by atoms with Crippen LogP contribution in [-0.4, -0.2) is 39.1 Å². The molecule has 3 N–H and O–H groups in total. The second-order valence-corrected chi connectivity index (χ2v) is 7.32. The highest BCUT2D eigenvalue weighted by atomic mass is 35.5. The topological polar surface area (TPSA) is 93.2 Å². The zero-order valence-corrected chi connectivity index (χ0v) is 16.0. The number of primary amides is 1. The normalized spacial score (nSPS) is 14.1. The predicted molar refractivity (Wildman–Crippen MR) is 100 cm³/mol. The van der Waals surface area contributed by atoms with Crippen molar-refractivity contribution in [1.82, 2.24) is 14.7 Å². The molecule has 2 aromatic heterocycles. The number of nitrogens with one attached hydrogen (secondary N) is 1. The maximum Gasteiger partial charge on any atom is 0.276 e. The number of thiophene rings is 1. The third kappa shape index (κ3) is 3.86. The Morgan fingerprint density at radius 3 is 2.68 bits per heavy atom. The number of nitrogens with two attached hydrogens (primary N) is 1. The quantitative estimate of drug-likeness (QED) is 0.844. The second-order valence-electron chi connectivity index (χ2n) is 6.22. The minimum atomic E-state index is -0.498. The molecule has 0 fully saturated rings. The number of hydrogen-bond donors (Lipinski definition) is 2. The molecule has 3 rings (SSSR count). The first kappa shape index (κ1) is 19.4. The minimum Gasteiger partial charge on any atom is -0.365 e. The number of aryl methyl sites for hydroxylation is 1. The Labute approximate surface area is 156 Å². The Kier molecular flexibility index (Phi) is 5.87. The molecular weight excluding hydrogens is 362 g/mol. The van der Waals surface area contributed by atoms with E-state index in [1.807, 2.05) is 0 Å². The van der Waals surface area contributed by atoms with E-state index in [1.54, 1.807) is 24.0 Å². The van der Waals surface area contributed by atoms with Crippen LogP contribution in [0, 0.1) is 0 Å². The van der Waals surface area contributed by atoms with Crippen LogP contribution in [-0.2, 0) is 20.0 Å². The van der Waals surface area contributed by atoms with Gasteiger partial charge in [0.15, 0.2) is 5.69 Å². The summed E-state index contributed by atoms with van der Waals surface area (Å²) in [5.74, 6) is -0.834. The van der Waals surface area contributed by atoms with Crippen molar-refractivity contribution < 1.29 is 9.59 Å². The molecule has 0 saturated carbocycles. The van der Waals surface area contributed by atoms with E-state index in [9.17, 15) is 9.59 Å². The molecule has 1 aliphatic heterocycles. The molecule has 0 spiro atoms. The molecule has 1 aliphatic rings. The molecule has 9 heteroatoms. The van der Waals surface area contributed by atoms with Gasteiger partial charge in [-0.25, -0.2) is 0 Å². The van der Waals surface area contributed by atoms with E-state index in [4.69, 9.17) is 5.73 Å². The SMILES string of the molecule is CC(C)N1CCc2c(sc(NC(=O)c3ccn(C)n3)c2C(N)=O)C1.Cl. The molecule has 2 aromatic rings. The first-order chi connectivity index (χ1) is 11.4. The standard InChI is InChI=1S/C16H21N5O2S.ClH/c1-9(2)21-7-4-10-12(8-21)24-16(13(10)14(17)22)18-15(23)11-5-6-20(3)19-11;/h5-6,9H,4,7-8H2,1-3H3,(H2,17,22)(H,18,23);1H. The molecule has 25 heavy (non-hydrogen) atoms. The highest BCUT2D eigenvalue weighted by molar-refractivity contribution is 7.17. The van der Waals surface area contributed by atoms with Crippen molar-refractivity contribution >= 4 is 40.6 Å². The monoisotopic (exact) mass is 383 g/mol. The lowest BCUT2D eigenvalue weighted by atomic mass is 10.0. The van der Waals surface area contributed by atoms with E-state index >= 15 is 0 Å². The van der Waals surface area contributed by atoms with Gasteiger partial charge in [-0.3, -0.25) is 19.2 Å². The molecule has 0 aromatic carbocycles. The third-order valence-corrected chi connectivity index (χ3v) is 5.37. The van der Waals surface area contributed by atoms with E-state index in [1.165, 1.54) is 11.3 Å².